The van der Waals surface area contributed by atoms with Crippen molar-refractivity contribution in [2.75, 3.05) is 18.4 Å². The Bertz CT molecular complexity index is 628. The van der Waals surface area contributed by atoms with Gasteiger partial charge in [-0.15, -0.1) is 0 Å². The first-order chi connectivity index (χ1) is 10.6. The van der Waals surface area contributed by atoms with Gasteiger partial charge in [0.2, 0.25) is 0 Å². The van der Waals surface area contributed by atoms with Crippen LogP contribution in [0.2, 0.25) is 5.02 Å². The fourth-order valence-electron chi connectivity index (χ4n) is 2.34. The SMILES string of the molecule is CC[NH+](CC(=O)Nc1ccc(C)cc1Cl)Cc1ccccc1. The molecule has 116 valence electrons. The van der Waals surface area contributed by atoms with Gasteiger partial charge >= 0.3 is 0 Å². The van der Waals surface area contributed by atoms with Gasteiger partial charge in [-0.1, -0.05) is 48.0 Å². The molecule has 0 heterocycles. The van der Waals surface area contributed by atoms with E-state index in [1.54, 1.807) is 0 Å². The van der Waals surface area contributed by atoms with Crippen LogP contribution in [0.15, 0.2) is 48.5 Å². The Morgan fingerprint density at radius 1 is 1.18 bits per heavy atom. The number of nitrogens with one attached hydrogen (secondary N) is 2. The number of carbonyl (C=O) groups excluding carboxylic acids is 1. The lowest BCUT2D eigenvalue weighted by Gasteiger charge is -2.17. The molecule has 2 aromatic rings. The summed E-state index contributed by atoms with van der Waals surface area (Å²) in [6, 6.07) is 15.9. The molecular weight excluding hydrogens is 296 g/mol. The molecule has 2 aromatic carbocycles. The molecule has 0 aromatic heterocycles. The number of hydrogen-bond donors (Lipinski definition) is 2. The molecule has 1 unspecified atom stereocenters. The summed E-state index contributed by atoms with van der Waals surface area (Å²) in [7, 11) is 0. The maximum atomic E-state index is 12.2. The van der Waals surface area contributed by atoms with Crippen molar-refractivity contribution in [3.63, 3.8) is 0 Å². The molecule has 0 saturated heterocycles. The number of quaternary nitrogens is 1. The zero-order chi connectivity index (χ0) is 15.9. The second-order valence-electron chi connectivity index (χ2n) is 5.47. The van der Waals surface area contributed by atoms with Crippen LogP contribution in [0.3, 0.4) is 0 Å². The van der Waals surface area contributed by atoms with Crippen molar-refractivity contribution in [1.29, 1.82) is 0 Å². The van der Waals surface area contributed by atoms with Crippen molar-refractivity contribution in [3.05, 3.63) is 64.7 Å². The minimum atomic E-state index is -0.0152. The number of rotatable bonds is 6. The topological polar surface area (TPSA) is 33.5 Å². The monoisotopic (exact) mass is 317 g/mol. The second-order valence-corrected chi connectivity index (χ2v) is 5.88. The normalized spacial score (nSPS) is 12.0. The van der Waals surface area contributed by atoms with Crippen LogP contribution in [0.1, 0.15) is 18.1 Å². The molecule has 1 amide bonds. The summed E-state index contributed by atoms with van der Waals surface area (Å²) in [5, 5.41) is 3.47. The molecule has 2 rings (SSSR count). The van der Waals surface area contributed by atoms with Gasteiger partial charge in [-0.2, -0.15) is 0 Å². The largest absolute Gasteiger partial charge is 0.324 e. The Hall–Kier alpha value is -1.84. The Balaban J connectivity index is 1.94. The van der Waals surface area contributed by atoms with Gasteiger partial charge < -0.3 is 10.2 Å². The van der Waals surface area contributed by atoms with E-state index < -0.39 is 0 Å². The summed E-state index contributed by atoms with van der Waals surface area (Å²) in [5.41, 5.74) is 2.99. The van der Waals surface area contributed by atoms with Crippen molar-refractivity contribution in [3.8, 4) is 0 Å². The van der Waals surface area contributed by atoms with Gasteiger partial charge in [-0.3, -0.25) is 4.79 Å². The second kappa shape index (κ2) is 7.97. The highest BCUT2D eigenvalue weighted by Crippen LogP contribution is 2.22. The van der Waals surface area contributed by atoms with Crippen molar-refractivity contribution in [2.24, 2.45) is 0 Å². The molecule has 0 fully saturated rings. The van der Waals surface area contributed by atoms with Crippen LogP contribution in [0, 0.1) is 6.92 Å². The molecule has 22 heavy (non-hydrogen) atoms. The zero-order valence-corrected chi connectivity index (χ0v) is 13.8. The summed E-state index contributed by atoms with van der Waals surface area (Å²) in [6.45, 7) is 6.22. The maximum absolute atomic E-state index is 12.2. The predicted octanol–water partition coefficient (Wildman–Crippen LogP) is 2.69. The highest BCUT2D eigenvalue weighted by atomic mass is 35.5. The van der Waals surface area contributed by atoms with Gasteiger partial charge in [0.15, 0.2) is 6.54 Å². The van der Waals surface area contributed by atoms with Crippen molar-refractivity contribution >= 4 is 23.2 Å². The van der Waals surface area contributed by atoms with Crippen LogP contribution in [-0.2, 0) is 11.3 Å². The lowest BCUT2D eigenvalue weighted by molar-refractivity contribution is -0.903. The number of hydrogen-bond acceptors (Lipinski definition) is 1. The summed E-state index contributed by atoms with van der Waals surface area (Å²) >= 11 is 6.15. The molecule has 0 radical (unpaired) electrons. The van der Waals surface area contributed by atoms with Gasteiger partial charge in [0.05, 0.1) is 17.3 Å². The molecule has 2 N–H and O–H groups in total. The van der Waals surface area contributed by atoms with Crippen LogP contribution in [0.25, 0.3) is 0 Å². The average Bonchev–Trinajstić information content (AvgIpc) is 2.50. The van der Waals surface area contributed by atoms with E-state index in [9.17, 15) is 4.79 Å². The Morgan fingerprint density at radius 2 is 1.91 bits per heavy atom. The minimum absolute atomic E-state index is 0.0152. The summed E-state index contributed by atoms with van der Waals surface area (Å²) < 4.78 is 0. The van der Waals surface area contributed by atoms with E-state index in [1.165, 1.54) is 10.5 Å². The van der Waals surface area contributed by atoms with E-state index in [0.29, 0.717) is 17.3 Å². The van der Waals surface area contributed by atoms with E-state index in [0.717, 1.165) is 18.7 Å². The molecule has 0 spiro atoms. The molecular formula is C18H22ClN2O+. The third-order valence-electron chi connectivity index (χ3n) is 3.61. The Kier molecular flexibility index (Phi) is 5.99. The lowest BCUT2D eigenvalue weighted by atomic mass is 10.2. The predicted molar refractivity (Wildman–Crippen MR) is 91.3 cm³/mol. The minimum Gasteiger partial charge on any atom is -0.324 e. The van der Waals surface area contributed by atoms with Gasteiger partial charge in [0.1, 0.15) is 6.54 Å². The van der Waals surface area contributed by atoms with Gasteiger partial charge in [-0.25, -0.2) is 0 Å². The highest BCUT2D eigenvalue weighted by Gasteiger charge is 2.14. The Morgan fingerprint density at radius 3 is 2.55 bits per heavy atom. The van der Waals surface area contributed by atoms with Crippen molar-refractivity contribution in [2.45, 2.75) is 20.4 Å². The number of likely N-dealkylation sites (N-methyl/N-ethyl adjacent to an activating group) is 1. The number of aryl methyl sites for hydroxylation is 1. The summed E-state index contributed by atoms with van der Waals surface area (Å²) in [5.74, 6) is -0.0152. The maximum Gasteiger partial charge on any atom is 0.279 e. The van der Waals surface area contributed by atoms with Crippen molar-refractivity contribution < 1.29 is 9.69 Å². The number of amides is 1. The number of benzene rings is 2. The van der Waals surface area contributed by atoms with E-state index in [-0.39, 0.29) is 5.91 Å². The molecule has 0 aliphatic carbocycles. The fraction of sp³-hybridized carbons (Fsp3) is 0.278. The van der Waals surface area contributed by atoms with E-state index in [1.807, 2.05) is 43.3 Å². The molecule has 0 aliphatic heterocycles. The van der Waals surface area contributed by atoms with Crippen LogP contribution >= 0.6 is 11.6 Å². The smallest absolute Gasteiger partial charge is 0.279 e. The highest BCUT2D eigenvalue weighted by molar-refractivity contribution is 6.33. The van der Waals surface area contributed by atoms with Crippen LogP contribution in [0.4, 0.5) is 5.69 Å². The van der Waals surface area contributed by atoms with Crippen LogP contribution in [0.5, 0.6) is 0 Å². The van der Waals surface area contributed by atoms with E-state index in [2.05, 4.69) is 24.4 Å². The van der Waals surface area contributed by atoms with Crippen molar-refractivity contribution in [1.82, 2.24) is 0 Å². The van der Waals surface area contributed by atoms with Crippen LogP contribution in [-0.4, -0.2) is 19.0 Å². The van der Waals surface area contributed by atoms with Gasteiger partial charge in [-0.05, 0) is 31.5 Å². The third-order valence-corrected chi connectivity index (χ3v) is 3.92. The number of halogens is 1. The molecule has 0 aliphatic rings. The molecule has 3 nitrogen and oxygen atoms in total. The van der Waals surface area contributed by atoms with E-state index >= 15 is 0 Å². The number of anilines is 1. The molecule has 4 heteroatoms. The zero-order valence-electron chi connectivity index (χ0n) is 13.0. The molecule has 1 atom stereocenters. The molecule has 0 saturated carbocycles. The standard InChI is InChI=1S/C18H21ClN2O/c1-3-21(12-15-7-5-4-6-8-15)13-18(22)20-17-10-9-14(2)11-16(17)19/h4-11H,3,12-13H2,1-2H3,(H,20,22)/p+1. The first-order valence-electron chi connectivity index (χ1n) is 7.52. The number of carbonyl (C=O) groups is 1. The van der Waals surface area contributed by atoms with Gasteiger partial charge in [0.25, 0.3) is 5.91 Å². The first-order valence-corrected chi connectivity index (χ1v) is 7.89. The van der Waals surface area contributed by atoms with Gasteiger partial charge in [0, 0.05) is 5.56 Å². The Labute approximate surface area is 136 Å². The third kappa shape index (κ3) is 4.86. The quantitative estimate of drug-likeness (QED) is 0.844. The first kappa shape index (κ1) is 16.5. The summed E-state index contributed by atoms with van der Waals surface area (Å²) in [4.78, 5) is 13.4. The fourth-order valence-corrected chi connectivity index (χ4v) is 2.62. The van der Waals surface area contributed by atoms with Crippen LogP contribution < -0.4 is 10.2 Å². The lowest BCUT2D eigenvalue weighted by Crippen LogP contribution is -3.11. The summed E-state index contributed by atoms with van der Waals surface area (Å²) in [6.07, 6.45) is 0. The van der Waals surface area contributed by atoms with E-state index in [4.69, 9.17) is 11.6 Å². The molecule has 0 bridgehead atoms. The average molecular weight is 318 g/mol.